The van der Waals surface area contributed by atoms with Crippen LogP contribution in [0.3, 0.4) is 0 Å². The second-order valence-electron chi connectivity index (χ2n) is 4.53. The number of aliphatic hydroxyl groups excluding tert-OH is 1. The maximum absolute atomic E-state index is 13.2. The number of aliphatic hydroxyl groups is 1. The van der Waals surface area contributed by atoms with Gasteiger partial charge in [-0.05, 0) is 16.5 Å². The number of benzene rings is 1. The van der Waals surface area contributed by atoms with Gasteiger partial charge in [-0.25, -0.2) is 4.39 Å². The third kappa shape index (κ3) is 2.55. The van der Waals surface area contributed by atoms with Crippen molar-refractivity contribution >= 4 is 0 Å². The Balaban J connectivity index is 3.01. The Morgan fingerprint density at radius 3 is 2.50 bits per heavy atom. The SMILES string of the molecule is CC(C)(C)c1cccc(C(F)CO)c1. The molecule has 0 aliphatic carbocycles. The van der Waals surface area contributed by atoms with Crippen molar-refractivity contribution in [3.05, 3.63) is 35.4 Å². The standard InChI is InChI=1S/C12H17FO/c1-12(2,3)10-6-4-5-9(7-10)11(13)8-14/h4-7,11,14H,8H2,1-3H3. The fourth-order valence-electron chi connectivity index (χ4n) is 1.31. The number of halogens is 1. The van der Waals surface area contributed by atoms with Gasteiger partial charge in [0.1, 0.15) is 6.17 Å². The number of rotatable bonds is 2. The molecule has 0 fully saturated rings. The fraction of sp³-hybridized carbons (Fsp3) is 0.500. The average Bonchev–Trinajstić information content (AvgIpc) is 2.15. The largest absolute Gasteiger partial charge is 0.393 e. The molecule has 2 heteroatoms. The molecule has 1 N–H and O–H groups in total. The van der Waals surface area contributed by atoms with Crippen LogP contribution in [-0.4, -0.2) is 11.7 Å². The summed E-state index contributed by atoms with van der Waals surface area (Å²) >= 11 is 0. The van der Waals surface area contributed by atoms with Crippen molar-refractivity contribution in [3.8, 4) is 0 Å². The van der Waals surface area contributed by atoms with E-state index < -0.39 is 12.8 Å². The molecule has 0 aromatic heterocycles. The molecule has 1 atom stereocenters. The first-order valence-electron chi connectivity index (χ1n) is 4.80. The fourth-order valence-corrected chi connectivity index (χ4v) is 1.31. The first kappa shape index (κ1) is 11.2. The van der Waals surface area contributed by atoms with Crippen LogP contribution in [0.2, 0.25) is 0 Å². The van der Waals surface area contributed by atoms with E-state index in [4.69, 9.17) is 5.11 Å². The molecular weight excluding hydrogens is 179 g/mol. The highest BCUT2D eigenvalue weighted by atomic mass is 19.1. The number of hydrogen-bond donors (Lipinski definition) is 1. The van der Waals surface area contributed by atoms with Crippen LogP contribution in [0.15, 0.2) is 24.3 Å². The van der Waals surface area contributed by atoms with Gasteiger partial charge in [0, 0.05) is 0 Å². The van der Waals surface area contributed by atoms with E-state index >= 15 is 0 Å². The summed E-state index contributed by atoms with van der Waals surface area (Å²) in [4.78, 5) is 0. The van der Waals surface area contributed by atoms with Crippen molar-refractivity contribution in [3.63, 3.8) is 0 Å². The van der Waals surface area contributed by atoms with Crippen LogP contribution in [0.1, 0.15) is 38.1 Å². The zero-order valence-corrected chi connectivity index (χ0v) is 8.92. The minimum Gasteiger partial charge on any atom is -0.393 e. The lowest BCUT2D eigenvalue weighted by atomic mass is 9.86. The molecule has 1 nitrogen and oxygen atoms in total. The summed E-state index contributed by atoms with van der Waals surface area (Å²) in [6.45, 7) is 5.79. The topological polar surface area (TPSA) is 20.2 Å². The highest BCUT2D eigenvalue weighted by Crippen LogP contribution is 2.26. The minimum absolute atomic E-state index is 0.0190. The van der Waals surface area contributed by atoms with Crippen LogP contribution in [0.25, 0.3) is 0 Å². The maximum Gasteiger partial charge on any atom is 0.148 e. The highest BCUT2D eigenvalue weighted by Gasteiger charge is 2.15. The molecule has 0 amide bonds. The molecule has 0 aliphatic rings. The van der Waals surface area contributed by atoms with Gasteiger partial charge in [-0.2, -0.15) is 0 Å². The molecule has 1 aromatic rings. The molecule has 1 aromatic carbocycles. The van der Waals surface area contributed by atoms with Crippen LogP contribution >= 0.6 is 0 Å². The molecule has 78 valence electrons. The van der Waals surface area contributed by atoms with E-state index in [1.54, 1.807) is 6.07 Å². The van der Waals surface area contributed by atoms with Gasteiger partial charge in [0.15, 0.2) is 0 Å². The Morgan fingerprint density at radius 2 is 2.00 bits per heavy atom. The van der Waals surface area contributed by atoms with Gasteiger partial charge in [-0.3, -0.25) is 0 Å². The van der Waals surface area contributed by atoms with E-state index in [0.29, 0.717) is 5.56 Å². The van der Waals surface area contributed by atoms with Crippen molar-refractivity contribution < 1.29 is 9.50 Å². The van der Waals surface area contributed by atoms with Crippen molar-refractivity contribution in [1.29, 1.82) is 0 Å². The lowest BCUT2D eigenvalue weighted by Crippen LogP contribution is -2.11. The van der Waals surface area contributed by atoms with Crippen molar-refractivity contribution in [2.24, 2.45) is 0 Å². The second-order valence-corrected chi connectivity index (χ2v) is 4.53. The third-order valence-corrected chi connectivity index (χ3v) is 2.27. The van der Waals surface area contributed by atoms with Gasteiger partial charge in [0.2, 0.25) is 0 Å². The second kappa shape index (κ2) is 4.09. The van der Waals surface area contributed by atoms with E-state index in [2.05, 4.69) is 20.8 Å². The summed E-state index contributed by atoms with van der Waals surface area (Å²) in [5.74, 6) is 0. The monoisotopic (exact) mass is 196 g/mol. The Morgan fingerprint density at radius 1 is 1.36 bits per heavy atom. The summed E-state index contributed by atoms with van der Waals surface area (Å²) in [6.07, 6.45) is -1.27. The predicted octanol–water partition coefficient (Wildman–Crippen LogP) is 2.99. The summed E-state index contributed by atoms with van der Waals surface area (Å²) in [6, 6.07) is 7.34. The predicted molar refractivity (Wildman–Crippen MR) is 56.1 cm³/mol. The van der Waals surface area contributed by atoms with E-state index in [0.717, 1.165) is 5.56 Å². The molecule has 0 radical (unpaired) electrons. The Labute approximate surface area is 84.6 Å². The number of alkyl halides is 1. The molecule has 1 unspecified atom stereocenters. The van der Waals surface area contributed by atoms with E-state index in [1.807, 2.05) is 18.2 Å². The molecular formula is C12H17FO. The minimum atomic E-state index is -1.27. The van der Waals surface area contributed by atoms with Crippen molar-refractivity contribution in [1.82, 2.24) is 0 Å². The molecule has 1 rings (SSSR count). The lowest BCUT2D eigenvalue weighted by Gasteiger charge is -2.20. The van der Waals surface area contributed by atoms with Crippen molar-refractivity contribution in [2.75, 3.05) is 6.61 Å². The molecule has 0 saturated heterocycles. The molecule has 0 spiro atoms. The van der Waals surface area contributed by atoms with Gasteiger partial charge in [0.25, 0.3) is 0 Å². The number of hydrogen-bond acceptors (Lipinski definition) is 1. The molecule has 14 heavy (non-hydrogen) atoms. The quantitative estimate of drug-likeness (QED) is 0.771. The van der Waals surface area contributed by atoms with Gasteiger partial charge >= 0.3 is 0 Å². The molecule has 0 saturated carbocycles. The molecule has 0 aliphatic heterocycles. The Kier molecular flexibility index (Phi) is 3.27. The summed E-state index contributed by atoms with van der Waals surface area (Å²) in [5, 5.41) is 8.71. The Hall–Kier alpha value is -0.890. The zero-order valence-electron chi connectivity index (χ0n) is 8.92. The van der Waals surface area contributed by atoms with E-state index in [-0.39, 0.29) is 5.41 Å². The van der Waals surface area contributed by atoms with Crippen molar-refractivity contribution in [2.45, 2.75) is 32.4 Å². The maximum atomic E-state index is 13.2. The van der Waals surface area contributed by atoms with E-state index in [9.17, 15) is 4.39 Å². The van der Waals surface area contributed by atoms with E-state index in [1.165, 1.54) is 0 Å². The van der Waals surface area contributed by atoms with Gasteiger partial charge in [0.05, 0.1) is 6.61 Å². The van der Waals surface area contributed by atoms with Crippen LogP contribution < -0.4 is 0 Å². The van der Waals surface area contributed by atoms with Gasteiger partial charge in [-0.1, -0.05) is 45.0 Å². The zero-order chi connectivity index (χ0) is 10.8. The molecule has 0 heterocycles. The summed E-state index contributed by atoms with van der Waals surface area (Å²) < 4.78 is 13.2. The Bertz CT molecular complexity index is 301. The van der Waals surface area contributed by atoms with Gasteiger partial charge < -0.3 is 5.11 Å². The molecule has 0 bridgehead atoms. The normalized spacial score (nSPS) is 14.1. The van der Waals surface area contributed by atoms with Crippen LogP contribution in [0, 0.1) is 0 Å². The summed E-state index contributed by atoms with van der Waals surface area (Å²) in [7, 11) is 0. The first-order chi connectivity index (χ1) is 6.45. The lowest BCUT2D eigenvalue weighted by molar-refractivity contribution is 0.180. The third-order valence-electron chi connectivity index (χ3n) is 2.27. The smallest absolute Gasteiger partial charge is 0.148 e. The van der Waals surface area contributed by atoms with Gasteiger partial charge in [-0.15, -0.1) is 0 Å². The average molecular weight is 196 g/mol. The highest BCUT2D eigenvalue weighted by molar-refractivity contribution is 5.29. The summed E-state index contributed by atoms with van der Waals surface area (Å²) in [5.41, 5.74) is 1.66. The van der Waals surface area contributed by atoms with Crippen LogP contribution in [-0.2, 0) is 5.41 Å². The van der Waals surface area contributed by atoms with Crippen LogP contribution in [0.4, 0.5) is 4.39 Å². The van der Waals surface area contributed by atoms with Crippen LogP contribution in [0.5, 0.6) is 0 Å². The first-order valence-corrected chi connectivity index (χ1v) is 4.80.